The minimum Gasteiger partial charge on any atom is -0.464 e. The Morgan fingerprint density at radius 3 is 3.00 bits per heavy atom. The van der Waals surface area contributed by atoms with Crippen LogP contribution in [-0.4, -0.2) is 59.9 Å². The number of ether oxygens (including phenoxy) is 1. The molecule has 0 bridgehead atoms. The number of methoxy groups -OCH3 is 1. The zero-order valence-corrected chi connectivity index (χ0v) is 15.4. The fourth-order valence-electron chi connectivity index (χ4n) is 4.43. The number of carbonyl (C=O) groups is 2. The molecule has 0 aromatic carbocycles. The standard InChI is InChI=1S/C19H27N3O4/c1-25-18(24)15-11-26-16(20-15)10-21-8-2-6-19(12-21)7-5-17(23)22(13-19)9-14-3-4-14/h11,14H,2-10,12-13H2,1H3. The van der Waals surface area contributed by atoms with Gasteiger partial charge in [-0.3, -0.25) is 9.69 Å². The maximum Gasteiger partial charge on any atom is 0.360 e. The summed E-state index contributed by atoms with van der Waals surface area (Å²) in [5.74, 6) is 1.13. The third kappa shape index (κ3) is 3.77. The Balaban J connectivity index is 1.39. The molecule has 1 aliphatic carbocycles. The van der Waals surface area contributed by atoms with E-state index in [2.05, 4.69) is 19.5 Å². The Morgan fingerprint density at radius 1 is 1.38 bits per heavy atom. The summed E-state index contributed by atoms with van der Waals surface area (Å²) in [4.78, 5) is 32.5. The van der Waals surface area contributed by atoms with Crippen molar-refractivity contribution in [1.29, 1.82) is 0 Å². The molecule has 0 radical (unpaired) electrons. The molecule has 1 amide bonds. The van der Waals surface area contributed by atoms with Crippen molar-refractivity contribution in [2.75, 3.05) is 33.3 Å². The highest BCUT2D eigenvalue weighted by molar-refractivity contribution is 5.86. The highest BCUT2D eigenvalue weighted by Gasteiger charge is 2.43. The van der Waals surface area contributed by atoms with E-state index in [0.717, 1.165) is 44.9 Å². The van der Waals surface area contributed by atoms with Gasteiger partial charge in [0.05, 0.1) is 13.7 Å². The van der Waals surface area contributed by atoms with E-state index in [1.54, 1.807) is 0 Å². The largest absolute Gasteiger partial charge is 0.464 e. The van der Waals surface area contributed by atoms with Crippen molar-refractivity contribution in [2.45, 2.75) is 45.1 Å². The van der Waals surface area contributed by atoms with Crippen LogP contribution in [0.25, 0.3) is 0 Å². The molecule has 1 saturated carbocycles. The summed E-state index contributed by atoms with van der Waals surface area (Å²) in [6.07, 6.45) is 7.85. The van der Waals surface area contributed by atoms with Gasteiger partial charge in [0, 0.05) is 31.5 Å². The van der Waals surface area contributed by atoms with Crippen molar-refractivity contribution in [1.82, 2.24) is 14.8 Å². The van der Waals surface area contributed by atoms with Crippen LogP contribution in [0.4, 0.5) is 0 Å². The molecule has 0 N–H and O–H groups in total. The second-order valence-corrected chi connectivity index (χ2v) is 8.15. The lowest BCUT2D eigenvalue weighted by molar-refractivity contribution is -0.139. The monoisotopic (exact) mass is 361 g/mol. The highest BCUT2D eigenvalue weighted by atomic mass is 16.5. The lowest BCUT2D eigenvalue weighted by Crippen LogP contribution is -2.54. The van der Waals surface area contributed by atoms with E-state index in [9.17, 15) is 9.59 Å². The van der Waals surface area contributed by atoms with Crippen molar-refractivity contribution in [3.05, 3.63) is 17.8 Å². The Morgan fingerprint density at radius 2 is 2.23 bits per heavy atom. The van der Waals surface area contributed by atoms with Crippen molar-refractivity contribution < 1.29 is 18.7 Å². The minimum atomic E-state index is -0.475. The molecule has 3 fully saturated rings. The summed E-state index contributed by atoms with van der Waals surface area (Å²) in [5, 5.41) is 0. The van der Waals surface area contributed by atoms with Crippen molar-refractivity contribution >= 4 is 11.9 Å². The van der Waals surface area contributed by atoms with Gasteiger partial charge in [0.1, 0.15) is 6.26 Å². The lowest BCUT2D eigenvalue weighted by Gasteiger charge is -2.48. The maximum absolute atomic E-state index is 12.3. The number of likely N-dealkylation sites (tertiary alicyclic amines) is 2. The molecule has 1 unspecified atom stereocenters. The minimum absolute atomic E-state index is 0.193. The number of oxazole rings is 1. The number of piperidine rings is 2. The van der Waals surface area contributed by atoms with E-state index < -0.39 is 5.97 Å². The molecule has 2 aliphatic heterocycles. The first kappa shape index (κ1) is 17.5. The summed E-state index contributed by atoms with van der Waals surface area (Å²) in [6.45, 7) is 4.38. The Bertz CT molecular complexity index is 684. The second kappa shape index (κ2) is 7.02. The molecule has 3 aliphatic rings. The number of hydrogen-bond donors (Lipinski definition) is 0. The van der Waals surface area contributed by atoms with E-state index in [4.69, 9.17) is 4.42 Å². The second-order valence-electron chi connectivity index (χ2n) is 8.15. The average Bonchev–Trinajstić information content (AvgIpc) is 3.33. The smallest absolute Gasteiger partial charge is 0.360 e. The zero-order valence-electron chi connectivity index (χ0n) is 15.4. The predicted octanol–water partition coefficient (Wildman–Crippen LogP) is 2.08. The maximum atomic E-state index is 12.3. The summed E-state index contributed by atoms with van der Waals surface area (Å²) in [7, 11) is 1.34. The molecule has 1 atom stereocenters. The first-order chi connectivity index (χ1) is 12.6. The van der Waals surface area contributed by atoms with Crippen LogP contribution in [0.1, 0.15) is 54.9 Å². The molecular weight excluding hydrogens is 334 g/mol. The Labute approximate surface area is 153 Å². The Kier molecular flexibility index (Phi) is 4.73. The summed E-state index contributed by atoms with van der Waals surface area (Å²) in [5.41, 5.74) is 0.409. The predicted molar refractivity (Wildman–Crippen MR) is 93.3 cm³/mol. The SMILES string of the molecule is COC(=O)c1coc(CN2CCCC3(CCC(=O)N(CC4CC4)C3)C2)n1. The molecule has 26 heavy (non-hydrogen) atoms. The van der Waals surface area contributed by atoms with Crippen LogP contribution in [0.2, 0.25) is 0 Å². The highest BCUT2D eigenvalue weighted by Crippen LogP contribution is 2.40. The number of aromatic nitrogens is 1. The number of hydrogen-bond acceptors (Lipinski definition) is 6. The van der Waals surface area contributed by atoms with Crippen LogP contribution in [0.15, 0.2) is 10.7 Å². The zero-order chi connectivity index (χ0) is 18.1. The Hall–Kier alpha value is -1.89. The van der Waals surface area contributed by atoms with Gasteiger partial charge in [-0.15, -0.1) is 0 Å². The summed E-state index contributed by atoms with van der Waals surface area (Å²) in [6, 6.07) is 0. The molecule has 1 spiro atoms. The molecule has 3 heterocycles. The molecule has 4 rings (SSSR count). The van der Waals surface area contributed by atoms with Crippen molar-refractivity contribution in [3.8, 4) is 0 Å². The fourth-order valence-corrected chi connectivity index (χ4v) is 4.43. The van der Waals surface area contributed by atoms with Crippen LogP contribution < -0.4 is 0 Å². The topological polar surface area (TPSA) is 75.9 Å². The first-order valence-electron chi connectivity index (χ1n) is 9.60. The van der Waals surface area contributed by atoms with Crippen LogP contribution in [0.3, 0.4) is 0 Å². The van der Waals surface area contributed by atoms with Crippen molar-refractivity contribution in [2.24, 2.45) is 11.3 Å². The average molecular weight is 361 g/mol. The number of amides is 1. The van der Waals surface area contributed by atoms with E-state index in [1.807, 2.05) is 0 Å². The van der Waals surface area contributed by atoms with Gasteiger partial charge in [0.15, 0.2) is 5.69 Å². The van der Waals surface area contributed by atoms with Gasteiger partial charge < -0.3 is 14.1 Å². The summed E-state index contributed by atoms with van der Waals surface area (Å²) < 4.78 is 10.1. The molecule has 142 valence electrons. The van der Waals surface area contributed by atoms with Gasteiger partial charge in [-0.2, -0.15) is 0 Å². The van der Waals surface area contributed by atoms with E-state index in [0.29, 0.717) is 24.8 Å². The molecule has 1 aromatic rings. The van der Waals surface area contributed by atoms with Crippen LogP contribution in [-0.2, 0) is 16.1 Å². The van der Waals surface area contributed by atoms with Crippen molar-refractivity contribution in [3.63, 3.8) is 0 Å². The molecule has 1 aromatic heterocycles. The van der Waals surface area contributed by atoms with Gasteiger partial charge in [-0.05, 0) is 44.6 Å². The van der Waals surface area contributed by atoms with Gasteiger partial charge in [-0.1, -0.05) is 0 Å². The fraction of sp³-hybridized carbons (Fsp3) is 0.737. The number of rotatable bonds is 5. The van der Waals surface area contributed by atoms with E-state index in [-0.39, 0.29) is 11.1 Å². The van der Waals surface area contributed by atoms with Gasteiger partial charge in [-0.25, -0.2) is 9.78 Å². The molecule has 2 saturated heterocycles. The van der Waals surface area contributed by atoms with Crippen LogP contribution >= 0.6 is 0 Å². The van der Waals surface area contributed by atoms with Gasteiger partial charge in [0.2, 0.25) is 11.8 Å². The molecule has 7 heteroatoms. The van der Waals surface area contributed by atoms with Crippen LogP contribution in [0.5, 0.6) is 0 Å². The molecular formula is C19H27N3O4. The first-order valence-corrected chi connectivity index (χ1v) is 9.60. The number of carbonyl (C=O) groups excluding carboxylic acids is 2. The number of esters is 1. The summed E-state index contributed by atoms with van der Waals surface area (Å²) >= 11 is 0. The van der Waals surface area contributed by atoms with E-state index >= 15 is 0 Å². The van der Waals surface area contributed by atoms with Crippen LogP contribution in [0, 0.1) is 11.3 Å². The third-order valence-electron chi connectivity index (χ3n) is 5.97. The third-order valence-corrected chi connectivity index (χ3v) is 5.97. The lowest BCUT2D eigenvalue weighted by atomic mass is 9.73. The van der Waals surface area contributed by atoms with E-state index in [1.165, 1.54) is 32.6 Å². The number of nitrogens with zero attached hydrogens (tertiary/aromatic N) is 3. The quantitative estimate of drug-likeness (QED) is 0.748. The normalized spacial score (nSPS) is 27.1. The van der Waals surface area contributed by atoms with Gasteiger partial charge >= 0.3 is 5.97 Å². The molecule has 7 nitrogen and oxygen atoms in total. The van der Waals surface area contributed by atoms with Gasteiger partial charge in [0.25, 0.3) is 0 Å².